The molecule has 0 atom stereocenters. The summed E-state index contributed by atoms with van der Waals surface area (Å²) in [5.74, 6) is -0.768. The first kappa shape index (κ1) is 22.1. The molecule has 2 amide bonds. The van der Waals surface area contributed by atoms with Crippen LogP contribution in [0.4, 0.5) is 21.5 Å². The maximum Gasteiger partial charge on any atom is 0.282 e. The van der Waals surface area contributed by atoms with Gasteiger partial charge in [0.2, 0.25) is 0 Å². The van der Waals surface area contributed by atoms with Gasteiger partial charge in [-0.1, -0.05) is 12.1 Å². The molecule has 0 aromatic heterocycles. The molecule has 1 aliphatic heterocycles. The Labute approximate surface area is 191 Å². The smallest absolute Gasteiger partial charge is 0.282 e. The Morgan fingerprint density at radius 1 is 0.879 bits per heavy atom. The molecule has 1 N–H and O–H groups in total. The molecular weight excluding hydrogens is 421 g/mol. The Morgan fingerprint density at radius 3 is 2.09 bits per heavy atom. The number of hydrogen-bond donors (Lipinski definition) is 1. The first-order chi connectivity index (χ1) is 15.9. The molecule has 4 rings (SSSR count). The number of hydrogen-bond acceptors (Lipinski definition) is 5. The molecule has 0 unspecified atom stereocenters. The summed E-state index contributed by atoms with van der Waals surface area (Å²) in [5, 5.41) is 3.13. The summed E-state index contributed by atoms with van der Waals surface area (Å²) in [5.41, 5.74) is 2.95. The number of ether oxygens (including phenoxy) is 1. The molecule has 33 heavy (non-hydrogen) atoms. The molecule has 0 bridgehead atoms. The van der Waals surface area contributed by atoms with E-state index >= 15 is 0 Å². The Hall–Kier alpha value is -4.13. The molecule has 0 saturated carbocycles. The van der Waals surface area contributed by atoms with Crippen molar-refractivity contribution in [1.29, 1.82) is 0 Å². The van der Waals surface area contributed by atoms with E-state index in [1.54, 1.807) is 24.3 Å². The van der Waals surface area contributed by atoms with Gasteiger partial charge in [-0.05, 0) is 73.2 Å². The normalized spacial score (nSPS) is 13.5. The molecule has 6 nitrogen and oxygen atoms in total. The maximum absolute atomic E-state index is 13.4. The molecule has 1 heterocycles. The molecule has 0 saturated heterocycles. The number of halogens is 1. The van der Waals surface area contributed by atoms with Gasteiger partial charge in [0, 0.05) is 25.5 Å². The van der Waals surface area contributed by atoms with Crippen LogP contribution in [0.1, 0.15) is 12.5 Å². The molecule has 1 aliphatic rings. The fourth-order valence-corrected chi connectivity index (χ4v) is 3.61. The third-order valence-corrected chi connectivity index (χ3v) is 5.28. The highest BCUT2D eigenvalue weighted by Gasteiger charge is 2.40. The van der Waals surface area contributed by atoms with Crippen LogP contribution in [-0.2, 0) is 9.59 Å². The summed E-state index contributed by atoms with van der Waals surface area (Å²) in [6.07, 6.45) is 0. The minimum Gasteiger partial charge on any atom is -0.494 e. The molecule has 0 aliphatic carbocycles. The molecule has 3 aromatic carbocycles. The SMILES string of the molecule is CCOc1ccc(C2=C(Nc3ccc(N(C)C)cc3)C(=O)N(c3ccc(F)cc3)C2=O)cc1. The molecule has 0 radical (unpaired) electrons. The zero-order valence-electron chi connectivity index (χ0n) is 18.6. The monoisotopic (exact) mass is 445 g/mol. The number of nitrogens with zero attached hydrogens (tertiary/aromatic N) is 2. The zero-order valence-corrected chi connectivity index (χ0v) is 18.6. The molecular formula is C26H24FN3O3. The second kappa shape index (κ2) is 9.16. The summed E-state index contributed by atoms with van der Waals surface area (Å²) >= 11 is 0. The lowest BCUT2D eigenvalue weighted by Crippen LogP contribution is -2.32. The molecule has 7 heteroatoms. The van der Waals surface area contributed by atoms with Crippen LogP contribution in [0.25, 0.3) is 5.57 Å². The van der Waals surface area contributed by atoms with Crippen molar-refractivity contribution in [2.45, 2.75) is 6.92 Å². The Morgan fingerprint density at radius 2 is 1.52 bits per heavy atom. The lowest BCUT2D eigenvalue weighted by atomic mass is 10.0. The van der Waals surface area contributed by atoms with Crippen LogP contribution in [0, 0.1) is 5.82 Å². The number of rotatable bonds is 7. The van der Waals surface area contributed by atoms with Gasteiger partial charge in [-0.2, -0.15) is 0 Å². The van der Waals surface area contributed by atoms with Crippen molar-refractivity contribution in [1.82, 2.24) is 0 Å². The Kier molecular flexibility index (Phi) is 6.13. The van der Waals surface area contributed by atoms with Crippen molar-refractivity contribution in [2.75, 3.05) is 35.8 Å². The summed E-state index contributed by atoms with van der Waals surface area (Å²) in [4.78, 5) is 29.8. The van der Waals surface area contributed by atoms with E-state index in [1.807, 2.05) is 50.2 Å². The minimum absolute atomic E-state index is 0.158. The largest absolute Gasteiger partial charge is 0.494 e. The van der Waals surface area contributed by atoms with E-state index in [-0.39, 0.29) is 11.3 Å². The standard InChI is InChI=1S/C26H24FN3O3/c1-4-33-22-15-5-17(6-16-22)23-24(28-19-9-13-20(14-10-19)29(2)3)26(32)30(25(23)31)21-11-7-18(27)8-12-21/h5-16,28H,4H2,1-3H3. The Bertz CT molecular complexity index is 1200. The fraction of sp³-hybridized carbons (Fsp3) is 0.154. The van der Waals surface area contributed by atoms with Crippen LogP contribution < -0.4 is 19.9 Å². The molecule has 0 fully saturated rings. The number of benzene rings is 3. The van der Waals surface area contributed by atoms with Crippen molar-refractivity contribution >= 4 is 34.4 Å². The fourth-order valence-electron chi connectivity index (χ4n) is 3.61. The van der Waals surface area contributed by atoms with Crippen molar-refractivity contribution in [3.8, 4) is 5.75 Å². The van der Waals surface area contributed by atoms with Crippen molar-refractivity contribution in [3.05, 3.63) is 89.9 Å². The van der Waals surface area contributed by atoms with Gasteiger partial charge in [-0.15, -0.1) is 0 Å². The van der Waals surface area contributed by atoms with Gasteiger partial charge < -0.3 is 15.0 Å². The summed E-state index contributed by atoms with van der Waals surface area (Å²) in [7, 11) is 3.88. The minimum atomic E-state index is -0.507. The van der Waals surface area contributed by atoms with Gasteiger partial charge in [-0.3, -0.25) is 9.59 Å². The van der Waals surface area contributed by atoms with E-state index < -0.39 is 17.6 Å². The van der Waals surface area contributed by atoms with Crippen LogP contribution in [-0.4, -0.2) is 32.5 Å². The lowest BCUT2D eigenvalue weighted by molar-refractivity contribution is -0.120. The summed E-state index contributed by atoms with van der Waals surface area (Å²) < 4.78 is 18.9. The number of carbonyl (C=O) groups excluding carboxylic acids is 2. The first-order valence-electron chi connectivity index (χ1n) is 10.6. The number of carbonyl (C=O) groups is 2. The second-order valence-electron chi connectivity index (χ2n) is 7.70. The topological polar surface area (TPSA) is 61.9 Å². The van der Waals surface area contributed by atoms with E-state index in [2.05, 4.69) is 5.32 Å². The van der Waals surface area contributed by atoms with Crippen LogP contribution in [0.15, 0.2) is 78.5 Å². The van der Waals surface area contributed by atoms with E-state index in [0.717, 1.165) is 10.6 Å². The summed E-state index contributed by atoms with van der Waals surface area (Å²) in [6, 6.07) is 19.8. The summed E-state index contributed by atoms with van der Waals surface area (Å²) in [6.45, 7) is 2.41. The highest BCUT2D eigenvalue weighted by atomic mass is 19.1. The van der Waals surface area contributed by atoms with E-state index in [1.165, 1.54) is 24.3 Å². The van der Waals surface area contributed by atoms with Gasteiger partial charge in [0.05, 0.1) is 17.9 Å². The van der Waals surface area contributed by atoms with E-state index in [4.69, 9.17) is 4.74 Å². The lowest BCUT2D eigenvalue weighted by Gasteiger charge is -2.16. The van der Waals surface area contributed by atoms with Gasteiger partial charge >= 0.3 is 0 Å². The van der Waals surface area contributed by atoms with E-state index in [9.17, 15) is 14.0 Å². The number of amides is 2. The molecule has 3 aromatic rings. The van der Waals surface area contributed by atoms with Crippen molar-refractivity contribution in [2.24, 2.45) is 0 Å². The zero-order chi connectivity index (χ0) is 23.5. The quantitative estimate of drug-likeness (QED) is 0.535. The predicted octanol–water partition coefficient (Wildman–Crippen LogP) is 4.69. The Balaban J connectivity index is 1.75. The van der Waals surface area contributed by atoms with E-state index in [0.29, 0.717) is 29.3 Å². The van der Waals surface area contributed by atoms with Gasteiger partial charge in [-0.25, -0.2) is 9.29 Å². The average molecular weight is 445 g/mol. The van der Waals surface area contributed by atoms with Crippen LogP contribution >= 0.6 is 0 Å². The highest BCUT2D eigenvalue weighted by Crippen LogP contribution is 2.34. The third-order valence-electron chi connectivity index (χ3n) is 5.28. The van der Waals surface area contributed by atoms with Crippen molar-refractivity contribution in [3.63, 3.8) is 0 Å². The predicted molar refractivity (Wildman–Crippen MR) is 128 cm³/mol. The highest BCUT2D eigenvalue weighted by molar-refractivity contribution is 6.46. The molecule has 168 valence electrons. The second-order valence-corrected chi connectivity index (χ2v) is 7.70. The first-order valence-corrected chi connectivity index (χ1v) is 10.6. The average Bonchev–Trinajstić information content (AvgIpc) is 3.05. The van der Waals surface area contributed by atoms with Gasteiger partial charge in [0.1, 0.15) is 17.3 Å². The van der Waals surface area contributed by atoms with Crippen LogP contribution in [0.2, 0.25) is 0 Å². The third kappa shape index (κ3) is 4.43. The van der Waals surface area contributed by atoms with Gasteiger partial charge in [0.25, 0.3) is 11.8 Å². The van der Waals surface area contributed by atoms with Crippen LogP contribution in [0.5, 0.6) is 5.75 Å². The number of anilines is 3. The van der Waals surface area contributed by atoms with Crippen molar-refractivity contribution < 1.29 is 18.7 Å². The number of nitrogens with one attached hydrogen (secondary N) is 1. The maximum atomic E-state index is 13.4. The van der Waals surface area contributed by atoms with Crippen LogP contribution in [0.3, 0.4) is 0 Å². The van der Waals surface area contributed by atoms with Gasteiger partial charge in [0.15, 0.2) is 0 Å². The molecule has 0 spiro atoms. The number of imide groups is 1.